The third kappa shape index (κ3) is 3.96. The van der Waals surface area contributed by atoms with Gasteiger partial charge in [-0.3, -0.25) is 0 Å². The van der Waals surface area contributed by atoms with Gasteiger partial charge in [0.1, 0.15) is 0 Å². The van der Waals surface area contributed by atoms with E-state index in [1.807, 2.05) is 6.92 Å². The second-order valence-corrected chi connectivity index (χ2v) is 4.77. The molecule has 0 atom stereocenters. The van der Waals surface area contributed by atoms with Crippen molar-refractivity contribution >= 4 is 23.6 Å². The molecule has 0 aliphatic carbocycles. The highest BCUT2D eigenvalue weighted by Gasteiger charge is 2.23. The quantitative estimate of drug-likeness (QED) is 0.921. The molecule has 0 bridgehead atoms. The van der Waals surface area contributed by atoms with E-state index in [0.29, 0.717) is 30.7 Å². The lowest BCUT2D eigenvalue weighted by atomic mass is 10.1. The Morgan fingerprint density at radius 1 is 1.47 bits per heavy atom. The Balaban J connectivity index is 1.80. The Morgan fingerprint density at radius 3 is 2.68 bits per heavy atom. The van der Waals surface area contributed by atoms with E-state index in [-0.39, 0.29) is 12.1 Å². The average Bonchev–Trinajstić information content (AvgIpc) is 2.42. The third-order valence-corrected chi connectivity index (χ3v) is 3.17. The normalized spacial score (nSPS) is 16.2. The Labute approximate surface area is 117 Å². The van der Waals surface area contributed by atoms with Gasteiger partial charge in [0.25, 0.3) is 0 Å². The molecule has 0 unspecified atom stereocenters. The zero-order valence-corrected chi connectivity index (χ0v) is 11.6. The van der Waals surface area contributed by atoms with Crippen LogP contribution < -0.4 is 5.32 Å². The number of likely N-dealkylation sites (tertiary alicyclic amines) is 1. The smallest absolute Gasteiger partial charge is 0.409 e. The van der Waals surface area contributed by atoms with Crippen molar-refractivity contribution in [2.75, 3.05) is 25.0 Å². The van der Waals surface area contributed by atoms with Gasteiger partial charge in [0.15, 0.2) is 0 Å². The first-order chi connectivity index (χ1) is 9.19. The van der Waals surface area contributed by atoms with Gasteiger partial charge < -0.3 is 15.0 Å². The maximum atomic E-state index is 11.5. The number of anilines is 1. The highest BCUT2D eigenvalue weighted by Crippen LogP contribution is 2.15. The molecule has 0 spiro atoms. The first-order valence-corrected chi connectivity index (χ1v) is 6.72. The number of hydrogen-bond acceptors (Lipinski definition) is 5. The zero-order chi connectivity index (χ0) is 13.7. The first-order valence-electron chi connectivity index (χ1n) is 6.35. The van der Waals surface area contributed by atoms with Crippen molar-refractivity contribution in [3.05, 3.63) is 17.4 Å². The zero-order valence-electron chi connectivity index (χ0n) is 10.8. The van der Waals surface area contributed by atoms with Crippen LogP contribution in [0.4, 0.5) is 10.7 Å². The fourth-order valence-corrected chi connectivity index (χ4v) is 2.09. The molecule has 1 saturated heterocycles. The van der Waals surface area contributed by atoms with Crippen LogP contribution in [0, 0.1) is 0 Å². The number of hydrogen-bond donors (Lipinski definition) is 1. The lowest BCUT2D eigenvalue weighted by Gasteiger charge is -2.31. The molecule has 0 radical (unpaired) electrons. The van der Waals surface area contributed by atoms with E-state index in [2.05, 4.69) is 15.3 Å². The molecular weight excluding hydrogens is 268 g/mol. The summed E-state index contributed by atoms with van der Waals surface area (Å²) in [6.07, 6.45) is 4.59. The minimum atomic E-state index is -0.233. The predicted molar refractivity (Wildman–Crippen MR) is 72.3 cm³/mol. The number of halogens is 1. The van der Waals surface area contributed by atoms with Gasteiger partial charge in [-0.15, -0.1) is 0 Å². The van der Waals surface area contributed by atoms with Crippen molar-refractivity contribution in [2.45, 2.75) is 25.8 Å². The van der Waals surface area contributed by atoms with E-state index in [1.165, 1.54) is 0 Å². The number of piperidine rings is 1. The summed E-state index contributed by atoms with van der Waals surface area (Å²) in [5, 5.41) is 3.76. The van der Waals surface area contributed by atoms with Crippen molar-refractivity contribution < 1.29 is 9.53 Å². The molecule has 1 aliphatic rings. The van der Waals surface area contributed by atoms with Gasteiger partial charge in [0.2, 0.25) is 5.95 Å². The molecule has 1 amide bonds. The molecule has 6 nitrogen and oxygen atoms in total. The van der Waals surface area contributed by atoms with Crippen LogP contribution in [-0.2, 0) is 4.74 Å². The molecule has 1 aromatic heterocycles. The number of carbonyl (C=O) groups is 1. The SMILES string of the molecule is CCOC(=O)N1CCC(Nc2ncc(Cl)cn2)CC1. The molecule has 2 heterocycles. The van der Waals surface area contributed by atoms with Crippen LogP contribution in [-0.4, -0.2) is 46.7 Å². The average molecular weight is 285 g/mol. The van der Waals surface area contributed by atoms with E-state index >= 15 is 0 Å². The highest BCUT2D eigenvalue weighted by molar-refractivity contribution is 6.30. The van der Waals surface area contributed by atoms with E-state index in [1.54, 1.807) is 17.3 Å². The van der Waals surface area contributed by atoms with Gasteiger partial charge in [0.05, 0.1) is 24.0 Å². The largest absolute Gasteiger partial charge is 0.450 e. The molecule has 7 heteroatoms. The summed E-state index contributed by atoms with van der Waals surface area (Å²) >= 11 is 5.73. The summed E-state index contributed by atoms with van der Waals surface area (Å²) < 4.78 is 4.98. The number of amides is 1. The van der Waals surface area contributed by atoms with E-state index in [4.69, 9.17) is 16.3 Å². The van der Waals surface area contributed by atoms with Crippen LogP contribution in [0.3, 0.4) is 0 Å². The molecule has 1 aromatic rings. The molecule has 19 heavy (non-hydrogen) atoms. The van der Waals surface area contributed by atoms with Gasteiger partial charge in [-0.25, -0.2) is 14.8 Å². The number of aromatic nitrogens is 2. The number of ether oxygens (including phenoxy) is 1. The molecule has 0 saturated carbocycles. The second-order valence-electron chi connectivity index (χ2n) is 4.33. The van der Waals surface area contributed by atoms with E-state index in [0.717, 1.165) is 12.8 Å². The van der Waals surface area contributed by atoms with Gasteiger partial charge >= 0.3 is 6.09 Å². The van der Waals surface area contributed by atoms with Gasteiger partial charge in [-0.2, -0.15) is 0 Å². The van der Waals surface area contributed by atoms with Crippen LogP contribution in [0.1, 0.15) is 19.8 Å². The highest BCUT2D eigenvalue weighted by atomic mass is 35.5. The molecule has 0 aromatic carbocycles. The number of carbonyl (C=O) groups excluding carboxylic acids is 1. The summed E-state index contributed by atoms with van der Waals surface area (Å²) in [5.41, 5.74) is 0. The lowest BCUT2D eigenvalue weighted by Crippen LogP contribution is -2.42. The Morgan fingerprint density at radius 2 is 2.11 bits per heavy atom. The predicted octanol–water partition coefficient (Wildman–Crippen LogP) is 2.16. The maximum Gasteiger partial charge on any atom is 0.409 e. The van der Waals surface area contributed by atoms with Crippen molar-refractivity contribution in [1.29, 1.82) is 0 Å². The van der Waals surface area contributed by atoms with Crippen LogP contribution in [0.15, 0.2) is 12.4 Å². The summed E-state index contributed by atoms with van der Waals surface area (Å²) in [5.74, 6) is 0.569. The molecule has 104 valence electrons. The first kappa shape index (κ1) is 13.9. The number of nitrogens with zero attached hydrogens (tertiary/aromatic N) is 3. The second kappa shape index (κ2) is 6.56. The van der Waals surface area contributed by atoms with Crippen LogP contribution in [0.5, 0.6) is 0 Å². The summed E-state index contributed by atoms with van der Waals surface area (Å²) in [7, 11) is 0. The summed E-state index contributed by atoms with van der Waals surface area (Å²) in [4.78, 5) is 21.5. The monoisotopic (exact) mass is 284 g/mol. The topological polar surface area (TPSA) is 67.3 Å². The van der Waals surface area contributed by atoms with Crippen molar-refractivity contribution in [3.8, 4) is 0 Å². The van der Waals surface area contributed by atoms with Gasteiger partial charge in [-0.1, -0.05) is 11.6 Å². The Bertz CT molecular complexity index is 418. The number of rotatable bonds is 3. The fraction of sp³-hybridized carbons (Fsp3) is 0.583. The fourth-order valence-electron chi connectivity index (χ4n) is 1.99. The van der Waals surface area contributed by atoms with Gasteiger partial charge in [-0.05, 0) is 19.8 Å². The Hall–Kier alpha value is -1.56. The van der Waals surface area contributed by atoms with Crippen LogP contribution in [0.2, 0.25) is 5.02 Å². The Kier molecular flexibility index (Phi) is 4.79. The molecule has 2 rings (SSSR count). The maximum absolute atomic E-state index is 11.5. The van der Waals surface area contributed by atoms with Crippen LogP contribution >= 0.6 is 11.6 Å². The minimum absolute atomic E-state index is 0.233. The molecule has 1 aliphatic heterocycles. The lowest BCUT2D eigenvalue weighted by molar-refractivity contribution is 0.0983. The van der Waals surface area contributed by atoms with Crippen molar-refractivity contribution in [1.82, 2.24) is 14.9 Å². The van der Waals surface area contributed by atoms with Gasteiger partial charge in [0, 0.05) is 19.1 Å². The molecule has 1 N–H and O–H groups in total. The van der Waals surface area contributed by atoms with E-state index < -0.39 is 0 Å². The summed E-state index contributed by atoms with van der Waals surface area (Å²) in [6.45, 7) is 3.59. The number of nitrogens with one attached hydrogen (secondary N) is 1. The molecule has 1 fully saturated rings. The van der Waals surface area contributed by atoms with Crippen LogP contribution in [0.25, 0.3) is 0 Å². The van der Waals surface area contributed by atoms with Crippen molar-refractivity contribution in [2.24, 2.45) is 0 Å². The van der Waals surface area contributed by atoms with E-state index in [9.17, 15) is 4.79 Å². The summed E-state index contributed by atoms with van der Waals surface area (Å²) in [6, 6.07) is 0.270. The standard InChI is InChI=1S/C12H17ClN4O2/c1-2-19-12(18)17-5-3-10(4-6-17)16-11-14-7-9(13)8-15-11/h7-8,10H,2-6H2,1H3,(H,14,15,16). The third-order valence-electron chi connectivity index (χ3n) is 2.97. The molecular formula is C12H17ClN4O2. The van der Waals surface area contributed by atoms with Crippen molar-refractivity contribution in [3.63, 3.8) is 0 Å². The minimum Gasteiger partial charge on any atom is -0.450 e.